The molecule has 0 saturated carbocycles. The molecule has 2 aromatic carbocycles. The molecule has 2 rings (SSSR count). The molecule has 0 fully saturated rings. The smallest absolute Gasteiger partial charge is 0.244 e. The number of aryl methyl sites for hydroxylation is 1. The Labute approximate surface area is 124 Å². The number of hydrogen-bond donors (Lipinski definition) is 2. The van der Waals surface area contributed by atoms with Gasteiger partial charge in [0.1, 0.15) is 0 Å². The van der Waals surface area contributed by atoms with E-state index in [2.05, 4.69) is 5.32 Å². The molecule has 1 amide bonds. The molecule has 0 aliphatic heterocycles. The van der Waals surface area contributed by atoms with Crippen molar-refractivity contribution in [3.63, 3.8) is 0 Å². The van der Waals surface area contributed by atoms with Crippen molar-refractivity contribution in [2.24, 2.45) is 0 Å². The van der Waals surface area contributed by atoms with Crippen LogP contribution in [0.5, 0.6) is 0 Å². The summed E-state index contributed by atoms with van der Waals surface area (Å²) in [6.07, 6.45) is 3.28. The first-order valence-corrected chi connectivity index (χ1v) is 6.90. The van der Waals surface area contributed by atoms with Crippen molar-refractivity contribution in [1.82, 2.24) is 5.32 Å². The topological polar surface area (TPSA) is 49.3 Å². The second kappa shape index (κ2) is 7.41. The van der Waals surface area contributed by atoms with Gasteiger partial charge >= 0.3 is 0 Å². The average molecular weight is 281 g/mol. The van der Waals surface area contributed by atoms with E-state index >= 15 is 0 Å². The highest BCUT2D eigenvalue weighted by atomic mass is 16.3. The fourth-order valence-corrected chi connectivity index (χ4v) is 2.08. The maximum absolute atomic E-state index is 12.0. The molecular weight excluding hydrogens is 262 g/mol. The minimum Gasteiger partial charge on any atom is -0.394 e. The van der Waals surface area contributed by atoms with Crippen LogP contribution < -0.4 is 5.32 Å². The van der Waals surface area contributed by atoms with E-state index in [-0.39, 0.29) is 18.6 Å². The zero-order chi connectivity index (χ0) is 15.1. The molecule has 0 unspecified atom stereocenters. The molecule has 2 aromatic rings. The highest BCUT2D eigenvalue weighted by Gasteiger charge is 2.11. The highest BCUT2D eigenvalue weighted by molar-refractivity contribution is 5.92. The summed E-state index contributed by atoms with van der Waals surface area (Å²) in [6, 6.07) is 16.9. The molecule has 2 N–H and O–H groups in total. The summed E-state index contributed by atoms with van der Waals surface area (Å²) >= 11 is 0. The van der Waals surface area contributed by atoms with Gasteiger partial charge in [-0.25, -0.2) is 0 Å². The molecule has 0 aliphatic rings. The van der Waals surface area contributed by atoms with E-state index in [4.69, 9.17) is 0 Å². The maximum Gasteiger partial charge on any atom is 0.244 e. The number of amides is 1. The van der Waals surface area contributed by atoms with Crippen molar-refractivity contribution in [2.75, 3.05) is 6.61 Å². The third kappa shape index (κ3) is 4.29. The first kappa shape index (κ1) is 15.0. The largest absolute Gasteiger partial charge is 0.394 e. The summed E-state index contributed by atoms with van der Waals surface area (Å²) < 4.78 is 0. The Hall–Kier alpha value is -2.39. The minimum atomic E-state index is -0.389. The van der Waals surface area contributed by atoms with E-state index in [1.165, 1.54) is 6.08 Å². The number of aliphatic hydroxyl groups is 1. The van der Waals surface area contributed by atoms with Crippen LogP contribution >= 0.6 is 0 Å². The Bertz CT molecular complexity index is 620. The molecule has 3 nitrogen and oxygen atoms in total. The van der Waals surface area contributed by atoms with Crippen LogP contribution in [-0.4, -0.2) is 17.6 Å². The Morgan fingerprint density at radius 3 is 2.48 bits per heavy atom. The summed E-state index contributed by atoms with van der Waals surface area (Å²) in [4.78, 5) is 12.0. The second-order valence-electron chi connectivity index (χ2n) is 4.84. The molecular formula is C18H19NO2. The van der Waals surface area contributed by atoms with Crippen LogP contribution in [-0.2, 0) is 4.79 Å². The van der Waals surface area contributed by atoms with E-state index in [0.717, 1.165) is 16.7 Å². The molecule has 0 heterocycles. The van der Waals surface area contributed by atoms with Gasteiger partial charge in [-0.15, -0.1) is 0 Å². The van der Waals surface area contributed by atoms with Crippen molar-refractivity contribution in [3.8, 4) is 0 Å². The monoisotopic (exact) mass is 281 g/mol. The van der Waals surface area contributed by atoms with Crippen molar-refractivity contribution in [3.05, 3.63) is 77.4 Å². The molecule has 3 heteroatoms. The zero-order valence-electron chi connectivity index (χ0n) is 12.0. The summed E-state index contributed by atoms with van der Waals surface area (Å²) in [7, 11) is 0. The van der Waals surface area contributed by atoms with Crippen LogP contribution in [0, 0.1) is 6.92 Å². The van der Waals surface area contributed by atoms with Crippen LogP contribution in [0.1, 0.15) is 22.7 Å². The van der Waals surface area contributed by atoms with E-state index in [0.29, 0.717) is 0 Å². The zero-order valence-corrected chi connectivity index (χ0v) is 12.0. The molecule has 0 aliphatic carbocycles. The molecule has 21 heavy (non-hydrogen) atoms. The van der Waals surface area contributed by atoms with Crippen LogP contribution in [0.15, 0.2) is 60.7 Å². The van der Waals surface area contributed by atoms with Gasteiger partial charge < -0.3 is 10.4 Å². The Morgan fingerprint density at radius 2 is 1.81 bits per heavy atom. The fourth-order valence-electron chi connectivity index (χ4n) is 2.08. The van der Waals surface area contributed by atoms with Crippen molar-refractivity contribution < 1.29 is 9.90 Å². The van der Waals surface area contributed by atoms with Crippen LogP contribution in [0.25, 0.3) is 6.08 Å². The van der Waals surface area contributed by atoms with Gasteiger partial charge in [-0.1, -0.05) is 54.6 Å². The van der Waals surface area contributed by atoms with Gasteiger partial charge in [0.15, 0.2) is 0 Å². The SMILES string of the molecule is Cc1ccccc1/C=C/C(=O)N[C@@H](CO)c1ccccc1. The van der Waals surface area contributed by atoms with Crippen LogP contribution in [0.4, 0.5) is 0 Å². The van der Waals surface area contributed by atoms with E-state index < -0.39 is 0 Å². The van der Waals surface area contributed by atoms with Gasteiger partial charge in [-0.05, 0) is 29.7 Å². The summed E-state index contributed by atoms with van der Waals surface area (Å²) in [5.41, 5.74) is 3.01. The first-order valence-electron chi connectivity index (χ1n) is 6.90. The molecule has 0 bridgehead atoms. The number of nitrogens with one attached hydrogen (secondary N) is 1. The molecule has 0 spiro atoms. The molecule has 0 radical (unpaired) electrons. The number of rotatable bonds is 5. The van der Waals surface area contributed by atoms with Crippen LogP contribution in [0.3, 0.4) is 0 Å². The minimum absolute atomic E-state index is 0.131. The lowest BCUT2D eigenvalue weighted by Crippen LogP contribution is -2.29. The van der Waals surface area contributed by atoms with Crippen molar-refractivity contribution >= 4 is 12.0 Å². The highest BCUT2D eigenvalue weighted by Crippen LogP contribution is 2.12. The second-order valence-corrected chi connectivity index (χ2v) is 4.84. The fraction of sp³-hybridized carbons (Fsp3) is 0.167. The third-order valence-electron chi connectivity index (χ3n) is 3.30. The number of carbonyl (C=O) groups excluding carboxylic acids is 1. The Kier molecular flexibility index (Phi) is 5.29. The summed E-state index contributed by atoms with van der Waals surface area (Å²) in [5.74, 6) is -0.221. The average Bonchev–Trinajstić information content (AvgIpc) is 2.52. The predicted octanol–water partition coefficient (Wildman–Crippen LogP) is 2.86. The van der Waals surface area contributed by atoms with Gasteiger partial charge in [0.2, 0.25) is 5.91 Å². The molecule has 0 aromatic heterocycles. The van der Waals surface area contributed by atoms with Crippen molar-refractivity contribution in [2.45, 2.75) is 13.0 Å². The molecule has 108 valence electrons. The number of hydrogen-bond acceptors (Lipinski definition) is 2. The van der Waals surface area contributed by atoms with E-state index in [1.54, 1.807) is 6.08 Å². The predicted molar refractivity (Wildman–Crippen MR) is 84.6 cm³/mol. The molecule has 1 atom stereocenters. The number of benzene rings is 2. The Morgan fingerprint density at radius 1 is 1.14 bits per heavy atom. The van der Waals surface area contributed by atoms with Gasteiger partial charge in [0.05, 0.1) is 12.6 Å². The van der Waals surface area contributed by atoms with E-state index in [1.807, 2.05) is 61.5 Å². The summed E-state index contributed by atoms with van der Waals surface area (Å²) in [5, 5.41) is 12.2. The standard InChI is InChI=1S/C18H19NO2/c1-14-7-5-6-8-15(14)11-12-18(21)19-17(13-20)16-9-3-2-4-10-16/h2-12,17,20H,13H2,1H3,(H,19,21)/b12-11+/t17-/m0/s1. The van der Waals surface area contributed by atoms with Gasteiger partial charge in [-0.3, -0.25) is 4.79 Å². The first-order chi connectivity index (χ1) is 10.2. The maximum atomic E-state index is 12.0. The lowest BCUT2D eigenvalue weighted by Gasteiger charge is -2.15. The normalized spacial score (nSPS) is 12.3. The third-order valence-corrected chi connectivity index (χ3v) is 3.30. The molecule has 0 saturated heterocycles. The van der Waals surface area contributed by atoms with Crippen molar-refractivity contribution in [1.29, 1.82) is 0 Å². The van der Waals surface area contributed by atoms with Gasteiger partial charge in [0, 0.05) is 6.08 Å². The van der Waals surface area contributed by atoms with E-state index in [9.17, 15) is 9.90 Å². The van der Waals surface area contributed by atoms with Gasteiger partial charge in [0.25, 0.3) is 0 Å². The van der Waals surface area contributed by atoms with Gasteiger partial charge in [-0.2, -0.15) is 0 Å². The number of aliphatic hydroxyl groups excluding tert-OH is 1. The summed E-state index contributed by atoms with van der Waals surface area (Å²) in [6.45, 7) is 1.87. The lowest BCUT2D eigenvalue weighted by atomic mass is 10.1. The lowest BCUT2D eigenvalue weighted by molar-refractivity contribution is -0.117. The van der Waals surface area contributed by atoms with Crippen LogP contribution in [0.2, 0.25) is 0 Å². The Balaban J connectivity index is 2.02. The quantitative estimate of drug-likeness (QED) is 0.828. The number of carbonyl (C=O) groups is 1.